The van der Waals surface area contributed by atoms with Crippen molar-refractivity contribution in [1.82, 2.24) is 0 Å². The molecule has 7 heteroatoms. The quantitative estimate of drug-likeness (QED) is 0.190. The lowest BCUT2D eigenvalue weighted by atomic mass is 10.0. The Hall–Kier alpha value is -1.67. The Morgan fingerprint density at radius 1 is 0.647 bits per heavy atom. The molecule has 0 atom stereocenters. The second kappa shape index (κ2) is 23.1. The Kier molecular flexibility index (Phi) is 20.6. The van der Waals surface area contributed by atoms with Gasteiger partial charge in [0.1, 0.15) is 12.4 Å². The van der Waals surface area contributed by atoms with Crippen molar-refractivity contribution in [3.63, 3.8) is 0 Å². The number of carboxylic acids is 1. The summed E-state index contributed by atoms with van der Waals surface area (Å²) >= 11 is 0. The molecule has 0 radical (unpaired) electrons. The summed E-state index contributed by atoms with van der Waals surface area (Å²) in [7, 11) is 0. The Labute approximate surface area is 206 Å². The third kappa shape index (κ3) is 19.8. The molecule has 0 bridgehead atoms. The highest BCUT2D eigenvalue weighted by Crippen LogP contribution is 2.15. The Morgan fingerprint density at radius 3 is 1.71 bits per heavy atom. The van der Waals surface area contributed by atoms with Gasteiger partial charge in [0.2, 0.25) is 0 Å². The first kappa shape index (κ1) is 30.4. The molecule has 34 heavy (non-hydrogen) atoms. The molecule has 1 aromatic rings. The van der Waals surface area contributed by atoms with Crippen LogP contribution < -0.4 is 4.74 Å². The van der Waals surface area contributed by atoms with Gasteiger partial charge in [0, 0.05) is 13.0 Å². The minimum atomic E-state index is -0.799. The first-order valence-corrected chi connectivity index (χ1v) is 13.0. The molecule has 0 saturated carbocycles. The maximum absolute atomic E-state index is 10.4. The van der Waals surface area contributed by atoms with Crippen molar-refractivity contribution >= 4 is 5.97 Å². The molecule has 1 rings (SSSR count). The summed E-state index contributed by atoms with van der Waals surface area (Å²) in [5.74, 6) is 0.0820. The maximum atomic E-state index is 10.4. The fourth-order valence-corrected chi connectivity index (χ4v) is 3.34. The number of carbonyl (C=O) groups is 1. The van der Waals surface area contributed by atoms with E-state index >= 15 is 0 Å². The minimum Gasteiger partial charge on any atom is -0.491 e. The van der Waals surface area contributed by atoms with Crippen LogP contribution in [0.1, 0.15) is 70.3 Å². The first-order valence-electron chi connectivity index (χ1n) is 13.0. The minimum absolute atomic E-state index is 0.134. The normalized spacial score (nSPS) is 11.1. The molecule has 0 aliphatic rings. The van der Waals surface area contributed by atoms with E-state index in [0.717, 1.165) is 12.2 Å². The van der Waals surface area contributed by atoms with E-state index in [1.54, 1.807) is 0 Å². The first-order chi connectivity index (χ1) is 16.7. The Balaban J connectivity index is 1.84. The van der Waals surface area contributed by atoms with Gasteiger partial charge in [-0.05, 0) is 37.0 Å². The van der Waals surface area contributed by atoms with Crippen LogP contribution in [0.15, 0.2) is 24.3 Å². The van der Waals surface area contributed by atoms with E-state index in [-0.39, 0.29) is 6.42 Å². The summed E-state index contributed by atoms with van der Waals surface area (Å²) < 4.78 is 27.4. The highest BCUT2D eigenvalue weighted by molar-refractivity contribution is 5.66. The lowest BCUT2D eigenvalue weighted by Gasteiger charge is -2.09. The van der Waals surface area contributed by atoms with Crippen LogP contribution in [-0.4, -0.2) is 70.5 Å². The number of ether oxygens (including phenoxy) is 5. The molecule has 196 valence electrons. The molecule has 7 nitrogen and oxygen atoms in total. The topological polar surface area (TPSA) is 83.5 Å². The highest BCUT2D eigenvalue weighted by Gasteiger charge is 1.99. The molecular weight excluding hydrogens is 436 g/mol. The Morgan fingerprint density at radius 2 is 1.15 bits per heavy atom. The summed E-state index contributed by atoms with van der Waals surface area (Å²) in [6.07, 6.45) is 11.2. The fraction of sp³-hybridized carbons (Fsp3) is 0.741. The van der Waals surface area contributed by atoms with Crippen molar-refractivity contribution in [2.24, 2.45) is 0 Å². The van der Waals surface area contributed by atoms with E-state index in [9.17, 15) is 4.79 Å². The van der Waals surface area contributed by atoms with Crippen molar-refractivity contribution in [3.8, 4) is 5.75 Å². The molecular formula is C27H46O7. The average Bonchev–Trinajstić information content (AvgIpc) is 2.84. The Bertz CT molecular complexity index is 577. The second-order valence-corrected chi connectivity index (χ2v) is 8.31. The zero-order valence-corrected chi connectivity index (χ0v) is 21.1. The van der Waals surface area contributed by atoms with Gasteiger partial charge in [-0.2, -0.15) is 0 Å². The van der Waals surface area contributed by atoms with E-state index in [1.807, 2.05) is 12.1 Å². The molecule has 0 heterocycles. The van der Waals surface area contributed by atoms with Gasteiger partial charge in [-0.1, -0.05) is 57.6 Å². The van der Waals surface area contributed by atoms with Crippen molar-refractivity contribution in [2.75, 3.05) is 59.5 Å². The van der Waals surface area contributed by atoms with Crippen LogP contribution in [0.3, 0.4) is 0 Å². The molecule has 0 amide bonds. The molecule has 0 fully saturated rings. The molecule has 0 aliphatic heterocycles. The maximum Gasteiger partial charge on any atom is 0.303 e. The predicted molar refractivity (Wildman–Crippen MR) is 134 cm³/mol. The highest BCUT2D eigenvalue weighted by atomic mass is 16.6. The van der Waals surface area contributed by atoms with Crippen LogP contribution in [0.25, 0.3) is 0 Å². The van der Waals surface area contributed by atoms with E-state index in [1.165, 1.54) is 50.5 Å². The van der Waals surface area contributed by atoms with Crippen LogP contribution >= 0.6 is 0 Å². The van der Waals surface area contributed by atoms with Gasteiger partial charge >= 0.3 is 5.97 Å². The summed E-state index contributed by atoms with van der Waals surface area (Å²) in [4.78, 5) is 10.4. The molecule has 0 aliphatic carbocycles. The van der Waals surface area contributed by atoms with E-state index in [0.29, 0.717) is 65.9 Å². The largest absolute Gasteiger partial charge is 0.491 e. The zero-order chi connectivity index (χ0) is 24.5. The van der Waals surface area contributed by atoms with Gasteiger partial charge in [0.15, 0.2) is 0 Å². The van der Waals surface area contributed by atoms with Crippen molar-refractivity contribution in [1.29, 1.82) is 0 Å². The molecule has 1 aromatic carbocycles. The molecule has 1 N–H and O–H groups in total. The van der Waals surface area contributed by atoms with E-state index in [2.05, 4.69) is 19.1 Å². The van der Waals surface area contributed by atoms with Gasteiger partial charge in [0.25, 0.3) is 0 Å². The number of carboxylic acid groups (broad SMARTS) is 1. The second-order valence-electron chi connectivity index (χ2n) is 8.31. The number of aliphatic carboxylic acids is 1. The lowest BCUT2D eigenvalue weighted by Crippen LogP contribution is -2.14. The van der Waals surface area contributed by atoms with Crippen LogP contribution in [-0.2, 0) is 30.2 Å². The molecule has 0 unspecified atom stereocenters. The van der Waals surface area contributed by atoms with Crippen LogP contribution in [0.5, 0.6) is 5.75 Å². The van der Waals surface area contributed by atoms with E-state index in [4.69, 9.17) is 28.8 Å². The average molecular weight is 483 g/mol. The number of rotatable bonds is 25. The number of unbranched alkanes of at least 4 members (excludes halogenated alkanes) is 6. The third-order valence-corrected chi connectivity index (χ3v) is 5.28. The number of aryl methyl sites for hydroxylation is 1. The molecule has 0 saturated heterocycles. The van der Waals surface area contributed by atoms with Crippen molar-refractivity contribution in [2.45, 2.75) is 71.1 Å². The lowest BCUT2D eigenvalue weighted by molar-refractivity contribution is -0.137. The van der Waals surface area contributed by atoms with Gasteiger partial charge in [-0.3, -0.25) is 4.79 Å². The van der Waals surface area contributed by atoms with Crippen molar-refractivity contribution in [3.05, 3.63) is 29.8 Å². The number of benzene rings is 1. The van der Waals surface area contributed by atoms with Gasteiger partial charge in [-0.25, -0.2) is 0 Å². The van der Waals surface area contributed by atoms with Crippen molar-refractivity contribution < 1.29 is 33.6 Å². The molecule has 0 spiro atoms. The summed E-state index contributed by atoms with van der Waals surface area (Å²) in [6.45, 7) is 6.72. The summed E-state index contributed by atoms with van der Waals surface area (Å²) in [6, 6.07) is 8.41. The zero-order valence-electron chi connectivity index (χ0n) is 21.1. The number of hydrogen-bond acceptors (Lipinski definition) is 6. The number of hydrogen-bond donors (Lipinski definition) is 1. The van der Waals surface area contributed by atoms with Crippen LogP contribution in [0.2, 0.25) is 0 Å². The van der Waals surface area contributed by atoms with Crippen LogP contribution in [0.4, 0.5) is 0 Å². The van der Waals surface area contributed by atoms with Gasteiger partial charge in [-0.15, -0.1) is 0 Å². The standard InChI is InChI=1S/C27H46O7/c1-2-3-4-5-6-7-8-10-25-12-14-26(15-13-25)34-24-23-33-22-21-32-20-19-31-18-17-30-16-9-11-27(28)29/h12-15H,2-11,16-24H2,1H3,(H,28,29). The van der Waals surface area contributed by atoms with E-state index < -0.39 is 5.97 Å². The SMILES string of the molecule is CCCCCCCCCc1ccc(OCCOCCOCCOCCOCCCC(=O)O)cc1. The third-order valence-electron chi connectivity index (χ3n) is 5.28. The fourth-order valence-electron chi connectivity index (χ4n) is 3.34. The molecule has 0 aromatic heterocycles. The van der Waals surface area contributed by atoms with Gasteiger partial charge in [0.05, 0.1) is 46.2 Å². The predicted octanol–water partition coefficient (Wildman–Crippen LogP) is 5.29. The smallest absolute Gasteiger partial charge is 0.303 e. The van der Waals surface area contributed by atoms with Crippen LogP contribution in [0, 0.1) is 0 Å². The summed E-state index contributed by atoms with van der Waals surface area (Å²) in [5, 5.41) is 8.51. The monoisotopic (exact) mass is 482 g/mol. The summed E-state index contributed by atoms with van der Waals surface area (Å²) in [5.41, 5.74) is 1.38. The van der Waals surface area contributed by atoms with Gasteiger partial charge < -0.3 is 28.8 Å².